The number of aldehydes is 1. The van der Waals surface area contributed by atoms with Gasteiger partial charge < -0.3 is 9.73 Å². The van der Waals surface area contributed by atoms with Crippen LogP contribution < -0.4 is 5.32 Å². The van der Waals surface area contributed by atoms with E-state index in [1.54, 1.807) is 18.3 Å². The number of hydrogen-bond acceptors (Lipinski definition) is 7. The Morgan fingerprint density at radius 2 is 1.85 bits per heavy atom. The van der Waals surface area contributed by atoms with E-state index in [2.05, 4.69) is 37.5 Å². The molecule has 8 nitrogen and oxygen atoms in total. The van der Waals surface area contributed by atoms with E-state index in [0.29, 0.717) is 35.6 Å². The number of rotatable bonds is 6. The Morgan fingerprint density at radius 3 is 2.71 bits per heavy atom. The number of pyridine rings is 1. The SMILES string of the molecule is O=Cc1ccc(-c2cc3c(Nc4ccc5c(cnn5Cc5ccccc5)c4)ncnc3cn2)o1. The van der Waals surface area contributed by atoms with Gasteiger partial charge in [-0.15, -0.1) is 0 Å². The summed E-state index contributed by atoms with van der Waals surface area (Å²) in [6, 6.07) is 21.5. The molecular weight excluding hydrogens is 428 g/mol. The predicted molar refractivity (Wildman–Crippen MR) is 129 cm³/mol. The first kappa shape index (κ1) is 19.8. The van der Waals surface area contributed by atoms with Crippen LogP contribution in [0.3, 0.4) is 0 Å². The lowest BCUT2D eigenvalue weighted by Gasteiger charge is -2.10. The molecule has 0 fully saturated rings. The molecule has 0 bridgehead atoms. The Labute approximate surface area is 193 Å². The molecule has 0 radical (unpaired) electrons. The summed E-state index contributed by atoms with van der Waals surface area (Å²) in [6.07, 6.45) is 5.70. The maximum absolute atomic E-state index is 11.0. The molecule has 1 N–H and O–H groups in total. The van der Waals surface area contributed by atoms with Crippen molar-refractivity contribution in [3.8, 4) is 11.5 Å². The summed E-state index contributed by atoms with van der Waals surface area (Å²) in [7, 11) is 0. The fourth-order valence-corrected chi connectivity index (χ4v) is 3.93. The monoisotopic (exact) mass is 446 g/mol. The quantitative estimate of drug-likeness (QED) is 0.349. The first-order chi connectivity index (χ1) is 16.8. The highest BCUT2D eigenvalue weighted by Crippen LogP contribution is 2.29. The van der Waals surface area contributed by atoms with Crippen molar-refractivity contribution in [3.63, 3.8) is 0 Å². The Kier molecular flexibility index (Phi) is 4.81. The lowest BCUT2D eigenvalue weighted by molar-refractivity contribution is 0.110. The number of anilines is 2. The molecule has 6 rings (SSSR count). The number of aromatic nitrogens is 5. The molecule has 4 heterocycles. The number of carbonyl (C=O) groups is 1. The number of benzene rings is 2. The van der Waals surface area contributed by atoms with Gasteiger partial charge in [0.25, 0.3) is 0 Å². The molecule has 8 heteroatoms. The minimum Gasteiger partial charge on any atom is -0.452 e. The van der Waals surface area contributed by atoms with Crippen LogP contribution in [0.2, 0.25) is 0 Å². The van der Waals surface area contributed by atoms with Crippen LogP contribution in [0.25, 0.3) is 33.3 Å². The molecule has 0 spiro atoms. The van der Waals surface area contributed by atoms with Gasteiger partial charge in [0.2, 0.25) is 0 Å². The third-order valence-corrected chi connectivity index (χ3v) is 5.60. The largest absolute Gasteiger partial charge is 0.452 e. The van der Waals surface area contributed by atoms with E-state index in [0.717, 1.165) is 22.0 Å². The van der Waals surface area contributed by atoms with Crippen molar-refractivity contribution in [1.82, 2.24) is 24.7 Å². The number of nitrogens with one attached hydrogen (secondary N) is 1. The molecule has 0 aliphatic carbocycles. The highest BCUT2D eigenvalue weighted by Gasteiger charge is 2.11. The number of carbonyl (C=O) groups excluding carboxylic acids is 1. The van der Waals surface area contributed by atoms with Gasteiger partial charge in [-0.2, -0.15) is 5.10 Å². The van der Waals surface area contributed by atoms with Crippen LogP contribution in [-0.4, -0.2) is 31.0 Å². The highest BCUT2D eigenvalue weighted by molar-refractivity contribution is 5.93. The topological polar surface area (TPSA) is 98.7 Å². The normalized spacial score (nSPS) is 11.2. The van der Waals surface area contributed by atoms with Gasteiger partial charge in [-0.05, 0) is 42.0 Å². The molecular formula is C26H18N6O2. The van der Waals surface area contributed by atoms with Crippen LogP contribution in [0.5, 0.6) is 0 Å². The molecule has 4 aromatic heterocycles. The predicted octanol–water partition coefficient (Wildman–Crippen LogP) is 5.24. The Bertz CT molecular complexity index is 1640. The van der Waals surface area contributed by atoms with Gasteiger partial charge >= 0.3 is 0 Å². The van der Waals surface area contributed by atoms with Crippen molar-refractivity contribution in [1.29, 1.82) is 0 Å². The highest BCUT2D eigenvalue weighted by atomic mass is 16.3. The Balaban J connectivity index is 1.32. The molecule has 0 amide bonds. The Hall–Kier alpha value is -4.85. The minimum atomic E-state index is 0.251. The molecule has 0 aliphatic heterocycles. The van der Waals surface area contributed by atoms with Crippen molar-refractivity contribution in [2.75, 3.05) is 5.32 Å². The van der Waals surface area contributed by atoms with E-state index >= 15 is 0 Å². The fourth-order valence-electron chi connectivity index (χ4n) is 3.93. The summed E-state index contributed by atoms with van der Waals surface area (Å²) >= 11 is 0. The first-order valence-electron chi connectivity index (χ1n) is 10.7. The van der Waals surface area contributed by atoms with Gasteiger partial charge in [0, 0.05) is 16.5 Å². The van der Waals surface area contributed by atoms with E-state index in [1.807, 2.05) is 53.3 Å². The van der Waals surface area contributed by atoms with E-state index in [4.69, 9.17) is 4.42 Å². The first-order valence-corrected chi connectivity index (χ1v) is 10.7. The summed E-state index contributed by atoms with van der Waals surface area (Å²) in [5, 5.41) is 9.77. The van der Waals surface area contributed by atoms with Crippen molar-refractivity contribution < 1.29 is 9.21 Å². The molecule has 34 heavy (non-hydrogen) atoms. The average molecular weight is 446 g/mol. The zero-order chi connectivity index (χ0) is 22.9. The van der Waals surface area contributed by atoms with Gasteiger partial charge in [-0.25, -0.2) is 9.97 Å². The lowest BCUT2D eigenvalue weighted by Crippen LogP contribution is -2.01. The van der Waals surface area contributed by atoms with E-state index in [-0.39, 0.29) is 5.76 Å². The van der Waals surface area contributed by atoms with Gasteiger partial charge in [0.1, 0.15) is 17.8 Å². The second kappa shape index (κ2) is 8.25. The number of hydrogen-bond donors (Lipinski definition) is 1. The molecule has 0 saturated carbocycles. The summed E-state index contributed by atoms with van der Waals surface area (Å²) in [6.45, 7) is 0.710. The van der Waals surface area contributed by atoms with E-state index in [1.165, 1.54) is 11.9 Å². The maximum Gasteiger partial charge on any atom is 0.185 e. The molecule has 0 unspecified atom stereocenters. The smallest absolute Gasteiger partial charge is 0.185 e. The van der Waals surface area contributed by atoms with E-state index in [9.17, 15) is 4.79 Å². The van der Waals surface area contributed by atoms with Gasteiger partial charge in [-0.1, -0.05) is 30.3 Å². The maximum atomic E-state index is 11.0. The molecule has 2 aromatic carbocycles. The second-order valence-corrected chi connectivity index (χ2v) is 7.82. The zero-order valence-corrected chi connectivity index (χ0v) is 17.9. The number of furan rings is 1. The third kappa shape index (κ3) is 3.67. The third-order valence-electron chi connectivity index (χ3n) is 5.60. The summed E-state index contributed by atoms with van der Waals surface area (Å²) in [4.78, 5) is 24.1. The van der Waals surface area contributed by atoms with Crippen molar-refractivity contribution in [3.05, 3.63) is 96.8 Å². The molecule has 0 atom stereocenters. The van der Waals surface area contributed by atoms with Crippen LogP contribution in [0.15, 0.2) is 89.9 Å². The van der Waals surface area contributed by atoms with Crippen LogP contribution in [0.1, 0.15) is 16.1 Å². The average Bonchev–Trinajstić information content (AvgIpc) is 3.52. The summed E-state index contributed by atoms with van der Waals surface area (Å²) < 4.78 is 7.51. The Morgan fingerprint density at radius 1 is 0.941 bits per heavy atom. The van der Waals surface area contributed by atoms with Crippen LogP contribution >= 0.6 is 0 Å². The van der Waals surface area contributed by atoms with Crippen LogP contribution in [0.4, 0.5) is 11.5 Å². The minimum absolute atomic E-state index is 0.251. The zero-order valence-electron chi connectivity index (χ0n) is 17.9. The van der Waals surface area contributed by atoms with Gasteiger partial charge in [0.15, 0.2) is 17.8 Å². The molecule has 6 aromatic rings. The van der Waals surface area contributed by atoms with Crippen molar-refractivity contribution in [2.24, 2.45) is 0 Å². The molecule has 164 valence electrons. The van der Waals surface area contributed by atoms with Crippen LogP contribution in [-0.2, 0) is 6.54 Å². The van der Waals surface area contributed by atoms with Crippen molar-refractivity contribution in [2.45, 2.75) is 6.54 Å². The number of fused-ring (bicyclic) bond motifs is 2. The summed E-state index contributed by atoms with van der Waals surface area (Å²) in [5.41, 5.74) is 4.42. The number of nitrogens with zero attached hydrogens (tertiary/aromatic N) is 5. The second-order valence-electron chi connectivity index (χ2n) is 7.82. The summed E-state index contributed by atoms with van der Waals surface area (Å²) in [5.74, 6) is 1.40. The molecule has 0 aliphatic rings. The molecule has 0 saturated heterocycles. The lowest BCUT2D eigenvalue weighted by atomic mass is 10.2. The van der Waals surface area contributed by atoms with Gasteiger partial charge in [-0.3, -0.25) is 14.5 Å². The van der Waals surface area contributed by atoms with Crippen LogP contribution in [0, 0.1) is 0 Å². The fraction of sp³-hybridized carbons (Fsp3) is 0.0385. The standard InChI is InChI=1S/C26H18N6O2/c33-15-20-7-9-25(34-20)22-11-21-23(13-27-22)28-16-29-26(21)31-19-6-8-24-18(10-19)12-30-32(24)14-17-4-2-1-3-5-17/h1-13,15-16H,14H2,(H,28,29,31). The van der Waals surface area contributed by atoms with Crippen molar-refractivity contribution >= 4 is 39.6 Å². The van der Waals surface area contributed by atoms with Gasteiger partial charge in [0.05, 0.1) is 30.0 Å². The van der Waals surface area contributed by atoms with E-state index < -0.39 is 0 Å².